The lowest BCUT2D eigenvalue weighted by atomic mass is 10.1. The number of hydrogen-bond donors (Lipinski definition) is 1. The van der Waals surface area contributed by atoms with Gasteiger partial charge in [-0.1, -0.05) is 32.8 Å². The Balaban J connectivity index is 1.97. The van der Waals surface area contributed by atoms with Gasteiger partial charge in [-0.25, -0.2) is 0 Å². The van der Waals surface area contributed by atoms with E-state index in [4.69, 9.17) is 9.47 Å². The van der Waals surface area contributed by atoms with Crippen LogP contribution in [0, 0.1) is 5.92 Å². The molecule has 1 fully saturated rings. The number of hydrogen-bond acceptors (Lipinski definition) is 3. The molecular formula is C17H27NO2. The minimum absolute atomic E-state index is 0.486. The Labute approximate surface area is 122 Å². The molecule has 0 aromatic heterocycles. The Bertz CT molecular complexity index is 411. The van der Waals surface area contributed by atoms with Gasteiger partial charge in [-0.2, -0.15) is 0 Å². The van der Waals surface area contributed by atoms with Crippen LogP contribution in [0.1, 0.15) is 45.1 Å². The first-order chi connectivity index (χ1) is 9.69. The van der Waals surface area contributed by atoms with Crippen molar-refractivity contribution >= 4 is 0 Å². The summed E-state index contributed by atoms with van der Waals surface area (Å²) >= 11 is 0. The third-order valence-corrected chi connectivity index (χ3v) is 3.89. The van der Waals surface area contributed by atoms with Crippen LogP contribution in [-0.4, -0.2) is 19.8 Å². The van der Waals surface area contributed by atoms with Crippen molar-refractivity contribution in [1.82, 2.24) is 5.32 Å². The minimum Gasteiger partial charge on any atom is -0.493 e. The highest BCUT2D eigenvalue weighted by Gasteiger charge is 2.16. The molecule has 1 N–H and O–H groups in total. The SMILES string of the molecule is COc1ccc(CNC(C)C)cc1OCC1CCCC1. The second-order valence-corrected chi connectivity index (χ2v) is 5.98. The standard InChI is InChI=1S/C17H27NO2/c1-13(2)18-11-15-8-9-16(19-3)17(10-15)20-12-14-6-4-5-7-14/h8-10,13-14,18H,4-7,11-12H2,1-3H3. The molecule has 0 spiro atoms. The van der Waals surface area contributed by atoms with Crippen LogP contribution < -0.4 is 14.8 Å². The number of benzene rings is 1. The summed E-state index contributed by atoms with van der Waals surface area (Å²) in [6.07, 6.45) is 5.31. The number of rotatable bonds is 7. The summed E-state index contributed by atoms with van der Waals surface area (Å²) in [4.78, 5) is 0. The fourth-order valence-corrected chi connectivity index (χ4v) is 2.65. The largest absolute Gasteiger partial charge is 0.493 e. The van der Waals surface area contributed by atoms with Gasteiger partial charge in [-0.15, -0.1) is 0 Å². The molecule has 3 heteroatoms. The Morgan fingerprint density at radius 3 is 2.60 bits per heavy atom. The first kappa shape index (κ1) is 15.2. The smallest absolute Gasteiger partial charge is 0.161 e. The molecule has 0 heterocycles. The molecule has 0 saturated heterocycles. The van der Waals surface area contributed by atoms with Crippen molar-refractivity contribution in [2.75, 3.05) is 13.7 Å². The molecule has 1 aliphatic carbocycles. The van der Waals surface area contributed by atoms with Gasteiger partial charge in [0.15, 0.2) is 11.5 Å². The number of methoxy groups -OCH3 is 1. The molecule has 0 radical (unpaired) electrons. The topological polar surface area (TPSA) is 30.5 Å². The van der Waals surface area contributed by atoms with Gasteiger partial charge in [0.05, 0.1) is 13.7 Å². The highest BCUT2D eigenvalue weighted by Crippen LogP contribution is 2.31. The van der Waals surface area contributed by atoms with Crippen LogP contribution in [0.5, 0.6) is 11.5 Å². The van der Waals surface area contributed by atoms with E-state index in [1.165, 1.54) is 31.2 Å². The van der Waals surface area contributed by atoms with Crippen LogP contribution in [0.15, 0.2) is 18.2 Å². The predicted octanol–water partition coefficient (Wildman–Crippen LogP) is 3.76. The second kappa shape index (κ2) is 7.53. The molecule has 0 aliphatic heterocycles. The predicted molar refractivity (Wildman–Crippen MR) is 82.4 cm³/mol. The van der Waals surface area contributed by atoms with Gasteiger partial charge in [-0.3, -0.25) is 0 Å². The zero-order valence-corrected chi connectivity index (χ0v) is 12.9. The number of ether oxygens (including phenoxy) is 2. The summed E-state index contributed by atoms with van der Waals surface area (Å²) in [5, 5.41) is 3.43. The quantitative estimate of drug-likeness (QED) is 0.823. The summed E-state index contributed by atoms with van der Waals surface area (Å²) < 4.78 is 11.4. The lowest BCUT2D eigenvalue weighted by Gasteiger charge is -2.16. The minimum atomic E-state index is 0.486. The molecule has 1 aromatic carbocycles. The maximum Gasteiger partial charge on any atom is 0.161 e. The van der Waals surface area contributed by atoms with Gasteiger partial charge < -0.3 is 14.8 Å². The molecule has 112 valence electrons. The Morgan fingerprint density at radius 2 is 1.95 bits per heavy atom. The average Bonchev–Trinajstić information content (AvgIpc) is 2.96. The molecule has 1 aromatic rings. The summed E-state index contributed by atoms with van der Waals surface area (Å²) in [5.74, 6) is 2.43. The van der Waals surface area contributed by atoms with Crippen molar-refractivity contribution in [2.24, 2.45) is 5.92 Å². The summed E-state index contributed by atoms with van der Waals surface area (Å²) in [6, 6.07) is 6.68. The maximum absolute atomic E-state index is 6.01. The third kappa shape index (κ3) is 4.41. The fourth-order valence-electron chi connectivity index (χ4n) is 2.65. The van der Waals surface area contributed by atoms with E-state index >= 15 is 0 Å². The fraction of sp³-hybridized carbons (Fsp3) is 0.647. The van der Waals surface area contributed by atoms with Gasteiger partial charge in [0.25, 0.3) is 0 Å². The van der Waals surface area contributed by atoms with E-state index in [0.717, 1.165) is 30.6 Å². The first-order valence-corrected chi connectivity index (χ1v) is 7.72. The van der Waals surface area contributed by atoms with Crippen molar-refractivity contribution in [3.05, 3.63) is 23.8 Å². The molecule has 0 atom stereocenters. The van der Waals surface area contributed by atoms with Crippen molar-refractivity contribution in [3.8, 4) is 11.5 Å². The van der Waals surface area contributed by atoms with Crippen LogP contribution in [0.4, 0.5) is 0 Å². The normalized spacial score (nSPS) is 15.8. The van der Waals surface area contributed by atoms with E-state index < -0.39 is 0 Å². The van der Waals surface area contributed by atoms with E-state index in [2.05, 4.69) is 31.3 Å². The molecule has 1 saturated carbocycles. The van der Waals surface area contributed by atoms with Crippen molar-refractivity contribution in [2.45, 2.75) is 52.1 Å². The van der Waals surface area contributed by atoms with Crippen LogP contribution >= 0.6 is 0 Å². The average molecular weight is 277 g/mol. The van der Waals surface area contributed by atoms with Gasteiger partial charge in [-0.05, 0) is 36.5 Å². The lowest BCUT2D eigenvalue weighted by Crippen LogP contribution is -2.21. The Morgan fingerprint density at radius 1 is 1.20 bits per heavy atom. The molecule has 20 heavy (non-hydrogen) atoms. The molecule has 0 bridgehead atoms. The van der Waals surface area contributed by atoms with E-state index in [-0.39, 0.29) is 0 Å². The summed E-state index contributed by atoms with van der Waals surface area (Å²) in [7, 11) is 1.70. The maximum atomic E-state index is 6.01. The second-order valence-electron chi connectivity index (χ2n) is 5.98. The van der Waals surface area contributed by atoms with Crippen LogP contribution in [0.2, 0.25) is 0 Å². The highest BCUT2D eigenvalue weighted by atomic mass is 16.5. The van der Waals surface area contributed by atoms with E-state index in [1.807, 2.05) is 6.07 Å². The lowest BCUT2D eigenvalue weighted by molar-refractivity contribution is 0.240. The van der Waals surface area contributed by atoms with Crippen molar-refractivity contribution in [1.29, 1.82) is 0 Å². The van der Waals surface area contributed by atoms with E-state index in [9.17, 15) is 0 Å². The Kier molecular flexibility index (Phi) is 5.72. The van der Waals surface area contributed by atoms with Crippen LogP contribution in [0.25, 0.3) is 0 Å². The van der Waals surface area contributed by atoms with Gasteiger partial charge in [0, 0.05) is 12.6 Å². The zero-order chi connectivity index (χ0) is 14.4. The van der Waals surface area contributed by atoms with Gasteiger partial charge in [0.2, 0.25) is 0 Å². The van der Waals surface area contributed by atoms with Crippen molar-refractivity contribution < 1.29 is 9.47 Å². The van der Waals surface area contributed by atoms with E-state index in [1.54, 1.807) is 7.11 Å². The zero-order valence-electron chi connectivity index (χ0n) is 12.9. The van der Waals surface area contributed by atoms with Crippen LogP contribution in [-0.2, 0) is 6.54 Å². The molecule has 2 rings (SSSR count). The van der Waals surface area contributed by atoms with Gasteiger partial charge in [0.1, 0.15) is 0 Å². The van der Waals surface area contributed by atoms with Crippen LogP contribution in [0.3, 0.4) is 0 Å². The van der Waals surface area contributed by atoms with E-state index in [0.29, 0.717) is 6.04 Å². The molecular weight excluding hydrogens is 250 g/mol. The summed E-state index contributed by atoms with van der Waals surface area (Å²) in [6.45, 7) is 5.99. The molecule has 1 aliphatic rings. The highest BCUT2D eigenvalue weighted by molar-refractivity contribution is 5.43. The van der Waals surface area contributed by atoms with Crippen molar-refractivity contribution in [3.63, 3.8) is 0 Å². The summed E-state index contributed by atoms with van der Waals surface area (Å²) in [5.41, 5.74) is 1.24. The molecule has 0 amide bonds. The third-order valence-electron chi connectivity index (χ3n) is 3.89. The number of nitrogens with one attached hydrogen (secondary N) is 1. The monoisotopic (exact) mass is 277 g/mol. The first-order valence-electron chi connectivity index (χ1n) is 7.72. The van der Waals surface area contributed by atoms with Gasteiger partial charge >= 0.3 is 0 Å². The molecule has 0 unspecified atom stereocenters. The Hall–Kier alpha value is -1.22. The molecule has 3 nitrogen and oxygen atoms in total.